The predicted octanol–water partition coefficient (Wildman–Crippen LogP) is 4.30. The van der Waals surface area contributed by atoms with E-state index < -0.39 is 20.9 Å². The van der Waals surface area contributed by atoms with E-state index in [0.717, 1.165) is 32.4 Å². The lowest BCUT2D eigenvalue weighted by Crippen LogP contribution is -2.51. The number of nitro benzene ring substituents is 1. The molecule has 2 fully saturated rings. The molecule has 2 aliphatic rings. The Balaban J connectivity index is 1.62. The number of hydrogen-bond acceptors (Lipinski definition) is 5. The van der Waals surface area contributed by atoms with Crippen molar-refractivity contribution in [3.63, 3.8) is 0 Å². The maximum absolute atomic E-state index is 12.5. The molecular weight excluding hydrogens is 441 g/mol. The summed E-state index contributed by atoms with van der Waals surface area (Å²) in [5.41, 5.74) is 0.111. The highest BCUT2D eigenvalue weighted by Crippen LogP contribution is 2.34. The lowest BCUT2D eigenvalue weighted by Gasteiger charge is -2.44. The molecule has 2 saturated heterocycles. The highest BCUT2D eigenvalue weighted by Gasteiger charge is 2.38. The number of nitro groups is 1. The first kappa shape index (κ1) is 22.6. The van der Waals surface area contributed by atoms with Crippen LogP contribution in [0.2, 0.25) is 0 Å². The zero-order valence-electron chi connectivity index (χ0n) is 15.9. The Morgan fingerprint density at radius 2 is 1.90 bits per heavy atom. The molecule has 7 nitrogen and oxygen atoms in total. The van der Waals surface area contributed by atoms with Gasteiger partial charge in [0.05, 0.1) is 11.5 Å². The van der Waals surface area contributed by atoms with E-state index in [0.29, 0.717) is 18.6 Å². The Morgan fingerprint density at radius 1 is 1.21 bits per heavy atom. The van der Waals surface area contributed by atoms with Gasteiger partial charge in [0.1, 0.15) is 0 Å². The predicted molar refractivity (Wildman–Crippen MR) is 113 cm³/mol. The number of nitrogens with one attached hydrogen (secondary N) is 1. The van der Waals surface area contributed by atoms with Crippen LogP contribution in [0.25, 0.3) is 0 Å². The molecule has 2 heterocycles. The average Bonchev–Trinajstić information content (AvgIpc) is 2.70. The summed E-state index contributed by atoms with van der Waals surface area (Å²) in [5, 5.41) is 13.3. The number of rotatable bonds is 6. The fourth-order valence-electron chi connectivity index (χ4n) is 4.15. The molecule has 1 aromatic carbocycles. The minimum absolute atomic E-state index is 0.106. The fourth-order valence-corrected chi connectivity index (χ4v) is 4.50. The molecule has 1 N–H and O–H groups in total. The summed E-state index contributed by atoms with van der Waals surface area (Å²) in [5.74, 6) is -0.200. The van der Waals surface area contributed by atoms with Gasteiger partial charge in [-0.25, -0.2) is 0 Å². The molecular formula is C19H24Cl3N3O4. The lowest BCUT2D eigenvalue weighted by molar-refractivity contribution is -0.384. The van der Waals surface area contributed by atoms with Crippen LogP contribution in [0.3, 0.4) is 0 Å². The van der Waals surface area contributed by atoms with Gasteiger partial charge in [0.25, 0.3) is 11.6 Å². The third-order valence-corrected chi connectivity index (χ3v) is 6.20. The van der Waals surface area contributed by atoms with Gasteiger partial charge in [0.2, 0.25) is 3.79 Å². The molecule has 0 radical (unpaired) electrons. The van der Waals surface area contributed by atoms with E-state index in [2.05, 4.69) is 10.2 Å². The monoisotopic (exact) mass is 463 g/mol. The number of amides is 1. The molecule has 0 spiro atoms. The summed E-state index contributed by atoms with van der Waals surface area (Å²) >= 11 is 18.1. The van der Waals surface area contributed by atoms with E-state index in [1.54, 1.807) is 0 Å². The number of alkyl halides is 3. The molecule has 3 atom stereocenters. The van der Waals surface area contributed by atoms with Crippen molar-refractivity contribution in [2.45, 2.75) is 48.2 Å². The number of carbonyl (C=O) groups is 1. The van der Waals surface area contributed by atoms with Gasteiger partial charge in [-0.15, -0.1) is 0 Å². The van der Waals surface area contributed by atoms with Gasteiger partial charge in [-0.3, -0.25) is 14.9 Å². The first-order valence-electron chi connectivity index (χ1n) is 9.73. The van der Waals surface area contributed by atoms with Gasteiger partial charge < -0.3 is 15.0 Å². The van der Waals surface area contributed by atoms with E-state index in [1.165, 1.54) is 37.1 Å². The fraction of sp³-hybridized carbons (Fsp3) is 0.632. The topological polar surface area (TPSA) is 84.7 Å². The van der Waals surface area contributed by atoms with Crippen molar-refractivity contribution in [1.29, 1.82) is 0 Å². The van der Waals surface area contributed by atoms with E-state index >= 15 is 0 Å². The first-order valence-corrected chi connectivity index (χ1v) is 10.9. The largest absolute Gasteiger partial charge is 0.354 e. The van der Waals surface area contributed by atoms with Crippen molar-refractivity contribution in [2.75, 3.05) is 19.7 Å². The van der Waals surface area contributed by atoms with Gasteiger partial charge in [-0.1, -0.05) is 41.2 Å². The second-order valence-electron chi connectivity index (χ2n) is 7.53. The van der Waals surface area contributed by atoms with Crippen molar-refractivity contribution in [3.8, 4) is 0 Å². The number of hydrogen-bond donors (Lipinski definition) is 1. The smallest absolute Gasteiger partial charge is 0.269 e. The molecule has 0 unspecified atom stereocenters. The Morgan fingerprint density at radius 3 is 2.55 bits per heavy atom. The lowest BCUT2D eigenvalue weighted by atomic mass is 9.84. The standard InChI is InChI=1S/C19H24Cl3N3O4/c20-19(21,22)18(23-17(26)13-6-8-15(9-7-13)25(27)28)29-12-14-4-3-11-24-10-2-1-5-16(14)24/h6-9,14,16,18H,1-5,10-12H2,(H,23,26)/t14-,16+,18+/m0/s1. The number of fused-ring (bicyclic) bond motifs is 1. The highest BCUT2D eigenvalue weighted by atomic mass is 35.6. The zero-order valence-corrected chi connectivity index (χ0v) is 18.1. The number of ether oxygens (including phenoxy) is 1. The van der Waals surface area contributed by atoms with Crippen molar-refractivity contribution < 1.29 is 14.5 Å². The van der Waals surface area contributed by atoms with Crippen LogP contribution in [-0.2, 0) is 4.74 Å². The van der Waals surface area contributed by atoms with Crippen molar-refractivity contribution in [1.82, 2.24) is 10.2 Å². The van der Waals surface area contributed by atoms with Crippen molar-refractivity contribution in [2.24, 2.45) is 5.92 Å². The summed E-state index contributed by atoms with van der Waals surface area (Å²) in [7, 11) is 0. The van der Waals surface area contributed by atoms with Crippen LogP contribution in [0.4, 0.5) is 5.69 Å². The molecule has 3 rings (SSSR count). The van der Waals surface area contributed by atoms with Crippen LogP contribution in [0.5, 0.6) is 0 Å². The molecule has 1 amide bonds. The van der Waals surface area contributed by atoms with Gasteiger partial charge in [-0.2, -0.15) is 0 Å². The Labute approximate surface area is 184 Å². The number of carbonyl (C=O) groups excluding carboxylic acids is 1. The first-order chi connectivity index (χ1) is 13.8. The zero-order chi connectivity index (χ0) is 21.0. The quantitative estimate of drug-likeness (QED) is 0.294. The summed E-state index contributed by atoms with van der Waals surface area (Å²) < 4.78 is 4.04. The van der Waals surface area contributed by atoms with Gasteiger partial charge >= 0.3 is 0 Å². The summed E-state index contributed by atoms with van der Waals surface area (Å²) in [6, 6.07) is 5.67. The maximum atomic E-state index is 12.5. The third-order valence-electron chi connectivity index (χ3n) is 5.61. The highest BCUT2D eigenvalue weighted by molar-refractivity contribution is 6.68. The molecule has 160 valence electrons. The minimum Gasteiger partial charge on any atom is -0.354 e. The normalized spacial score (nSPS) is 23.8. The van der Waals surface area contributed by atoms with Crippen LogP contribution >= 0.6 is 34.8 Å². The Hall–Kier alpha value is -1.12. The van der Waals surface area contributed by atoms with Crippen LogP contribution in [0.1, 0.15) is 42.5 Å². The molecule has 29 heavy (non-hydrogen) atoms. The van der Waals surface area contributed by atoms with Crippen LogP contribution in [-0.4, -0.2) is 51.5 Å². The SMILES string of the molecule is O=C(N[C@H](OC[C@@H]1CCCN2CCCC[C@H]12)C(Cl)(Cl)Cl)c1ccc([N+](=O)[O-])cc1. The number of benzene rings is 1. The van der Waals surface area contributed by atoms with E-state index in [4.69, 9.17) is 39.5 Å². The van der Waals surface area contributed by atoms with E-state index in [9.17, 15) is 14.9 Å². The average molecular weight is 465 g/mol. The molecule has 0 bridgehead atoms. The molecule has 0 aromatic heterocycles. The molecule has 1 aromatic rings. The summed E-state index contributed by atoms with van der Waals surface area (Å²) in [4.78, 5) is 25.3. The maximum Gasteiger partial charge on any atom is 0.269 e. The number of nitrogens with zero attached hydrogens (tertiary/aromatic N) is 2. The second kappa shape index (κ2) is 9.79. The van der Waals surface area contributed by atoms with Crippen LogP contribution in [0, 0.1) is 16.0 Å². The molecule has 2 aliphatic heterocycles. The van der Waals surface area contributed by atoms with Gasteiger partial charge in [0.15, 0.2) is 6.23 Å². The van der Waals surface area contributed by atoms with E-state index in [1.807, 2.05) is 0 Å². The molecule has 0 saturated carbocycles. The summed E-state index contributed by atoms with van der Waals surface area (Å²) in [6.07, 6.45) is 4.60. The number of piperidine rings is 2. The van der Waals surface area contributed by atoms with E-state index in [-0.39, 0.29) is 11.3 Å². The minimum atomic E-state index is -1.85. The van der Waals surface area contributed by atoms with Crippen molar-refractivity contribution in [3.05, 3.63) is 39.9 Å². The third kappa shape index (κ3) is 5.95. The molecule has 0 aliphatic carbocycles. The Bertz CT molecular complexity index is 724. The number of halogens is 3. The Kier molecular flexibility index (Phi) is 7.62. The van der Waals surface area contributed by atoms with Gasteiger partial charge in [-0.05, 0) is 56.8 Å². The number of non-ortho nitro benzene ring substituents is 1. The molecule has 10 heteroatoms. The summed E-state index contributed by atoms with van der Waals surface area (Å²) in [6.45, 7) is 2.62. The second-order valence-corrected chi connectivity index (χ2v) is 9.90. The van der Waals surface area contributed by atoms with Gasteiger partial charge in [0, 0.05) is 23.7 Å². The van der Waals surface area contributed by atoms with Crippen molar-refractivity contribution >= 4 is 46.4 Å². The van der Waals surface area contributed by atoms with Crippen LogP contribution in [0.15, 0.2) is 24.3 Å². The van der Waals surface area contributed by atoms with Crippen LogP contribution < -0.4 is 5.32 Å².